The molecule has 9 heavy (non-hydrogen) atoms. The van der Waals surface area contributed by atoms with E-state index in [1.165, 1.54) is 6.42 Å². The Bertz CT molecular complexity index is 155. The Hall–Kier alpha value is -0.0800. The Morgan fingerprint density at radius 1 is 1.22 bits per heavy atom. The summed E-state index contributed by atoms with van der Waals surface area (Å²) in [7, 11) is 0. The summed E-state index contributed by atoms with van der Waals surface area (Å²) in [4.78, 5) is 0. The lowest BCUT2D eigenvalue weighted by Crippen LogP contribution is -2.32. The van der Waals surface area contributed by atoms with Crippen LogP contribution < -0.4 is 5.73 Å². The minimum atomic E-state index is 0.374. The molecule has 3 rings (SSSR count). The van der Waals surface area contributed by atoms with E-state index in [2.05, 4.69) is 0 Å². The van der Waals surface area contributed by atoms with Gasteiger partial charge in [-0.25, -0.2) is 0 Å². The smallest absolute Gasteiger partial charge is 0.0762 e. The van der Waals surface area contributed by atoms with Crippen molar-refractivity contribution in [1.82, 2.24) is 0 Å². The molecular formula is C7H11NO. The van der Waals surface area contributed by atoms with E-state index in [9.17, 15) is 0 Å². The monoisotopic (exact) mass is 125 g/mol. The lowest BCUT2D eigenvalue weighted by atomic mass is 9.97. The molecule has 0 spiro atoms. The Morgan fingerprint density at radius 3 is 2.67 bits per heavy atom. The van der Waals surface area contributed by atoms with Gasteiger partial charge in [0.05, 0.1) is 12.2 Å². The first-order valence-electron chi connectivity index (χ1n) is 3.77. The van der Waals surface area contributed by atoms with Gasteiger partial charge in [0.15, 0.2) is 0 Å². The quantitative estimate of drug-likeness (QED) is 0.499. The summed E-state index contributed by atoms with van der Waals surface area (Å²) < 4.78 is 5.62. The number of ether oxygens (including phenoxy) is 1. The van der Waals surface area contributed by atoms with Crippen molar-refractivity contribution in [2.75, 3.05) is 0 Å². The molecule has 0 aromatic heterocycles. The van der Waals surface area contributed by atoms with Gasteiger partial charge in [-0.1, -0.05) is 0 Å². The van der Waals surface area contributed by atoms with Crippen LogP contribution in [0.4, 0.5) is 0 Å². The Morgan fingerprint density at radius 2 is 2.11 bits per heavy atom. The number of nitrogens with two attached hydrogens (primary N) is 1. The van der Waals surface area contributed by atoms with E-state index in [-0.39, 0.29) is 0 Å². The van der Waals surface area contributed by atoms with Crippen LogP contribution in [0.15, 0.2) is 0 Å². The van der Waals surface area contributed by atoms with Crippen molar-refractivity contribution in [3.63, 3.8) is 0 Å². The molecule has 0 amide bonds. The summed E-state index contributed by atoms with van der Waals surface area (Å²) in [6, 6.07) is 0.374. The lowest BCUT2D eigenvalue weighted by molar-refractivity contribution is 0.0690. The molecule has 0 aromatic rings. The third kappa shape index (κ3) is 0.413. The van der Waals surface area contributed by atoms with Gasteiger partial charge in [-0.3, -0.25) is 0 Å². The number of hydrogen-bond donors (Lipinski definition) is 1. The molecule has 1 aliphatic carbocycles. The molecule has 2 heteroatoms. The zero-order valence-corrected chi connectivity index (χ0v) is 5.29. The average molecular weight is 125 g/mol. The summed E-state index contributed by atoms with van der Waals surface area (Å²) in [5.41, 5.74) is 5.81. The molecule has 0 aromatic carbocycles. The van der Waals surface area contributed by atoms with E-state index < -0.39 is 0 Å². The van der Waals surface area contributed by atoms with Gasteiger partial charge in [0.1, 0.15) is 0 Å². The van der Waals surface area contributed by atoms with Gasteiger partial charge < -0.3 is 10.5 Å². The van der Waals surface area contributed by atoms with Crippen molar-refractivity contribution < 1.29 is 4.74 Å². The molecule has 0 radical (unpaired) electrons. The van der Waals surface area contributed by atoms with Crippen molar-refractivity contribution >= 4 is 0 Å². The molecule has 2 nitrogen and oxygen atoms in total. The normalized spacial score (nSPS) is 68.3. The van der Waals surface area contributed by atoms with Gasteiger partial charge in [0.25, 0.3) is 0 Å². The first-order valence-corrected chi connectivity index (χ1v) is 3.77. The van der Waals surface area contributed by atoms with Crippen LogP contribution in [0.3, 0.4) is 0 Å². The van der Waals surface area contributed by atoms with E-state index in [1.54, 1.807) is 0 Å². The maximum atomic E-state index is 5.81. The van der Waals surface area contributed by atoms with E-state index in [1.807, 2.05) is 0 Å². The molecule has 5 atom stereocenters. The summed E-state index contributed by atoms with van der Waals surface area (Å²) in [5, 5.41) is 0. The van der Waals surface area contributed by atoms with Crippen molar-refractivity contribution in [1.29, 1.82) is 0 Å². The van der Waals surface area contributed by atoms with Crippen LogP contribution in [0.5, 0.6) is 0 Å². The highest BCUT2D eigenvalue weighted by Gasteiger charge is 2.61. The van der Waals surface area contributed by atoms with Gasteiger partial charge >= 0.3 is 0 Å². The summed E-state index contributed by atoms with van der Waals surface area (Å²) >= 11 is 0. The molecule has 1 saturated carbocycles. The van der Waals surface area contributed by atoms with Crippen LogP contribution >= 0.6 is 0 Å². The van der Waals surface area contributed by atoms with Gasteiger partial charge in [-0.15, -0.1) is 0 Å². The molecule has 5 unspecified atom stereocenters. The van der Waals surface area contributed by atoms with E-state index in [0.29, 0.717) is 18.2 Å². The molecular weight excluding hydrogens is 114 g/mol. The number of rotatable bonds is 0. The highest BCUT2D eigenvalue weighted by molar-refractivity contribution is 5.11. The first kappa shape index (κ1) is 4.69. The van der Waals surface area contributed by atoms with Crippen LogP contribution in [-0.2, 0) is 4.74 Å². The van der Waals surface area contributed by atoms with Crippen LogP contribution in [0.25, 0.3) is 0 Å². The lowest BCUT2D eigenvalue weighted by Gasteiger charge is -2.11. The molecule has 2 bridgehead atoms. The van der Waals surface area contributed by atoms with Crippen molar-refractivity contribution in [3.8, 4) is 0 Å². The highest BCUT2D eigenvalue weighted by Crippen LogP contribution is 2.58. The van der Waals surface area contributed by atoms with Crippen LogP contribution in [0, 0.1) is 11.8 Å². The second kappa shape index (κ2) is 1.18. The van der Waals surface area contributed by atoms with Gasteiger partial charge in [-0.2, -0.15) is 0 Å². The predicted molar refractivity (Wildman–Crippen MR) is 32.9 cm³/mol. The van der Waals surface area contributed by atoms with Crippen LogP contribution in [0.2, 0.25) is 0 Å². The van der Waals surface area contributed by atoms with Gasteiger partial charge in [0, 0.05) is 6.04 Å². The summed E-state index contributed by atoms with van der Waals surface area (Å²) in [6.45, 7) is 0. The minimum Gasteiger partial charge on any atom is -0.373 e. The van der Waals surface area contributed by atoms with Crippen LogP contribution in [-0.4, -0.2) is 18.2 Å². The number of fused-ring (bicyclic) bond motifs is 5. The summed E-state index contributed by atoms with van der Waals surface area (Å²) in [6.07, 6.45) is 3.56. The molecule has 50 valence electrons. The maximum absolute atomic E-state index is 5.81. The summed E-state index contributed by atoms with van der Waals surface area (Å²) in [5.74, 6) is 1.80. The molecule has 3 aliphatic rings. The predicted octanol–water partition coefficient (Wildman–Crippen LogP) is 0.121. The Labute approximate surface area is 54.4 Å². The fourth-order valence-corrected chi connectivity index (χ4v) is 2.50. The molecule has 2 saturated heterocycles. The molecule has 2 N–H and O–H groups in total. The molecule has 2 aliphatic heterocycles. The fourth-order valence-electron chi connectivity index (χ4n) is 2.50. The number of hydrogen-bond acceptors (Lipinski definition) is 2. The SMILES string of the molecule is NC1CC2OC1C1CC21. The Kier molecular flexibility index (Phi) is 0.616. The third-order valence-electron chi connectivity index (χ3n) is 3.05. The first-order chi connectivity index (χ1) is 4.36. The standard InChI is InChI=1S/C7H11NO/c8-5-2-6-3-1-4(3)7(5)9-6/h3-7H,1-2,8H2. The zero-order chi connectivity index (χ0) is 6.01. The van der Waals surface area contributed by atoms with E-state index in [4.69, 9.17) is 10.5 Å². The largest absolute Gasteiger partial charge is 0.373 e. The maximum Gasteiger partial charge on any atom is 0.0762 e. The van der Waals surface area contributed by atoms with Crippen molar-refractivity contribution in [2.45, 2.75) is 31.1 Å². The molecule has 3 fully saturated rings. The van der Waals surface area contributed by atoms with Crippen molar-refractivity contribution in [3.05, 3.63) is 0 Å². The van der Waals surface area contributed by atoms with Gasteiger partial charge in [-0.05, 0) is 24.7 Å². The highest BCUT2D eigenvalue weighted by atomic mass is 16.5. The zero-order valence-electron chi connectivity index (χ0n) is 5.29. The van der Waals surface area contributed by atoms with E-state index in [0.717, 1.165) is 18.3 Å². The minimum absolute atomic E-state index is 0.374. The van der Waals surface area contributed by atoms with Crippen molar-refractivity contribution in [2.24, 2.45) is 17.6 Å². The fraction of sp³-hybridized carbons (Fsp3) is 1.00. The Balaban J connectivity index is 1.96. The topological polar surface area (TPSA) is 35.2 Å². The van der Waals surface area contributed by atoms with E-state index >= 15 is 0 Å². The van der Waals surface area contributed by atoms with Gasteiger partial charge in [0.2, 0.25) is 0 Å². The van der Waals surface area contributed by atoms with Crippen LogP contribution in [0.1, 0.15) is 12.8 Å². The molecule has 2 heterocycles. The average Bonchev–Trinajstić information content (AvgIpc) is 2.46. The second-order valence-electron chi connectivity index (χ2n) is 3.60. The second-order valence-corrected chi connectivity index (χ2v) is 3.60. The third-order valence-corrected chi connectivity index (χ3v) is 3.05.